The smallest absolute Gasteiger partial charge is 0.159 e. The van der Waals surface area contributed by atoms with Crippen molar-refractivity contribution in [2.75, 3.05) is 26.8 Å². The molecular formula is C25H28FN3O2. The Morgan fingerprint density at radius 1 is 1.10 bits per heavy atom. The van der Waals surface area contributed by atoms with E-state index < -0.39 is 0 Å². The topological polar surface area (TPSA) is 58.5 Å². The lowest BCUT2D eigenvalue weighted by Gasteiger charge is -2.42. The van der Waals surface area contributed by atoms with Gasteiger partial charge in [0.1, 0.15) is 11.6 Å². The van der Waals surface area contributed by atoms with Crippen molar-refractivity contribution in [2.45, 2.75) is 25.8 Å². The molecule has 4 rings (SSSR count). The number of ether oxygens (including phenoxy) is 1. The Morgan fingerprint density at radius 2 is 1.84 bits per heavy atom. The van der Waals surface area contributed by atoms with Gasteiger partial charge >= 0.3 is 0 Å². The molecule has 1 atom stereocenters. The molecule has 0 bridgehead atoms. The molecule has 0 radical (unpaired) electrons. The molecule has 6 heteroatoms. The normalized spacial score (nSPS) is 19.3. The molecular weight excluding hydrogens is 393 g/mol. The lowest BCUT2D eigenvalue weighted by molar-refractivity contribution is 0.0282. The molecule has 3 aromatic rings. The molecule has 0 saturated carbocycles. The fourth-order valence-electron chi connectivity index (χ4n) is 4.40. The van der Waals surface area contributed by atoms with Gasteiger partial charge in [0.15, 0.2) is 5.82 Å². The SMILES string of the molecule is COc1ccc(-c2ncc(CN3CCC[C@](CO)(Cc4ccccc4F)C3)cn2)cc1. The van der Waals surface area contributed by atoms with Gasteiger partial charge in [-0.05, 0) is 61.7 Å². The van der Waals surface area contributed by atoms with Crippen molar-refractivity contribution in [1.29, 1.82) is 0 Å². The number of rotatable bonds is 7. The molecule has 2 aromatic carbocycles. The Bertz CT molecular complexity index is 994. The number of nitrogens with zero attached hydrogens (tertiary/aromatic N) is 3. The first-order valence-corrected chi connectivity index (χ1v) is 10.6. The van der Waals surface area contributed by atoms with Crippen molar-refractivity contribution >= 4 is 0 Å². The fourth-order valence-corrected chi connectivity index (χ4v) is 4.40. The van der Waals surface area contributed by atoms with Crippen LogP contribution in [0.3, 0.4) is 0 Å². The van der Waals surface area contributed by atoms with Crippen molar-refractivity contribution in [3.05, 3.63) is 77.9 Å². The first kappa shape index (κ1) is 21.4. The van der Waals surface area contributed by atoms with E-state index in [-0.39, 0.29) is 17.8 Å². The summed E-state index contributed by atoms with van der Waals surface area (Å²) < 4.78 is 19.4. The first-order chi connectivity index (χ1) is 15.1. The number of aromatic nitrogens is 2. The van der Waals surface area contributed by atoms with Crippen LogP contribution >= 0.6 is 0 Å². The van der Waals surface area contributed by atoms with E-state index in [4.69, 9.17) is 4.74 Å². The molecule has 2 heterocycles. The number of methoxy groups -OCH3 is 1. The van der Waals surface area contributed by atoms with Crippen LogP contribution in [0.1, 0.15) is 24.0 Å². The third-order valence-corrected chi connectivity index (χ3v) is 6.06. The highest BCUT2D eigenvalue weighted by molar-refractivity contribution is 5.55. The molecule has 5 nitrogen and oxygen atoms in total. The number of benzene rings is 2. The summed E-state index contributed by atoms with van der Waals surface area (Å²) in [4.78, 5) is 11.4. The first-order valence-electron chi connectivity index (χ1n) is 10.6. The number of hydrogen-bond donors (Lipinski definition) is 1. The summed E-state index contributed by atoms with van der Waals surface area (Å²) in [6.07, 6.45) is 6.12. The molecule has 1 aromatic heterocycles. The minimum absolute atomic E-state index is 0.0464. The van der Waals surface area contributed by atoms with Gasteiger partial charge in [-0.15, -0.1) is 0 Å². The number of halogens is 1. The molecule has 0 amide bonds. The van der Waals surface area contributed by atoms with E-state index in [1.165, 1.54) is 6.07 Å². The zero-order chi connectivity index (χ0) is 21.7. The van der Waals surface area contributed by atoms with Gasteiger partial charge in [0.25, 0.3) is 0 Å². The number of piperidine rings is 1. The van der Waals surface area contributed by atoms with Crippen molar-refractivity contribution in [3.8, 4) is 17.1 Å². The number of aliphatic hydroxyl groups excluding tert-OH is 1. The van der Waals surface area contributed by atoms with E-state index in [0.717, 1.165) is 42.8 Å². The second kappa shape index (κ2) is 9.54. The van der Waals surface area contributed by atoms with Crippen molar-refractivity contribution in [1.82, 2.24) is 14.9 Å². The summed E-state index contributed by atoms with van der Waals surface area (Å²) in [7, 11) is 1.64. The summed E-state index contributed by atoms with van der Waals surface area (Å²) in [5.41, 5.74) is 2.31. The van der Waals surface area contributed by atoms with Gasteiger partial charge in [0.2, 0.25) is 0 Å². The highest BCUT2D eigenvalue weighted by Gasteiger charge is 2.35. The molecule has 1 fully saturated rings. The van der Waals surface area contributed by atoms with Gasteiger partial charge in [-0.1, -0.05) is 18.2 Å². The van der Waals surface area contributed by atoms with E-state index in [1.54, 1.807) is 13.2 Å². The number of hydrogen-bond acceptors (Lipinski definition) is 5. The zero-order valence-electron chi connectivity index (χ0n) is 17.8. The van der Waals surface area contributed by atoms with Crippen LogP contribution in [-0.4, -0.2) is 46.8 Å². The van der Waals surface area contributed by atoms with Gasteiger partial charge in [0.05, 0.1) is 13.7 Å². The maximum absolute atomic E-state index is 14.2. The van der Waals surface area contributed by atoms with Crippen molar-refractivity contribution < 1.29 is 14.2 Å². The Morgan fingerprint density at radius 3 is 2.52 bits per heavy atom. The second-order valence-electron chi connectivity index (χ2n) is 8.38. The van der Waals surface area contributed by atoms with Crippen LogP contribution in [0.2, 0.25) is 0 Å². The highest BCUT2D eigenvalue weighted by Crippen LogP contribution is 2.34. The summed E-state index contributed by atoms with van der Waals surface area (Å²) >= 11 is 0. The van der Waals surface area contributed by atoms with Crippen LogP contribution < -0.4 is 4.74 Å². The largest absolute Gasteiger partial charge is 0.497 e. The fraction of sp³-hybridized carbons (Fsp3) is 0.360. The van der Waals surface area contributed by atoms with Gasteiger partial charge in [-0.3, -0.25) is 4.90 Å². The number of aliphatic hydroxyl groups is 1. The standard InChI is InChI=1S/C25H28FN3O2/c1-31-22-9-7-20(8-10-22)24-27-14-19(15-28-24)16-29-12-4-11-25(17-29,18-30)13-21-5-2-3-6-23(21)26/h2-3,5-10,14-15,30H,4,11-13,16-18H2,1H3/t25-/m0/s1. The molecule has 1 saturated heterocycles. The Hall–Kier alpha value is -2.83. The lowest BCUT2D eigenvalue weighted by Crippen LogP contribution is -2.46. The van der Waals surface area contributed by atoms with E-state index in [9.17, 15) is 9.50 Å². The van der Waals surface area contributed by atoms with E-state index in [2.05, 4.69) is 14.9 Å². The third kappa shape index (κ3) is 5.09. The molecule has 0 unspecified atom stereocenters. The monoisotopic (exact) mass is 421 g/mol. The van der Waals surface area contributed by atoms with E-state index in [0.29, 0.717) is 24.4 Å². The molecule has 1 aliphatic heterocycles. The van der Waals surface area contributed by atoms with Crippen LogP contribution in [0.5, 0.6) is 5.75 Å². The van der Waals surface area contributed by atoms with Crippen molar-refractivity contribution in [3.63, 3.8) is 0 Å². The van der Waals surface area contributed by atoms with Crippen LogP contribution in [-0.2, 0) is 13.0 Å². The summed E-state index contributed by atoms with van der Waals surface area (Å²) in [6.45, 7) is 2.42. The minimum atomic E-state index is -0.329. The Kier molecular flexibility index (Phi) is 6.59. The minimum Gasteiger partial charge on any atom is -0.497 e. The van der Waals surface area contributed by atoms with Gasteiger partial charge < -0.3 is 9.84 Å². The summed E-state index contributed by atoms with van der Waals surface area (Å²) in [6, 6.07) is 14.5. The molecule has 31 heavy (non-hydrogen) atoms. The van der Waals surface area contributed by atoms with Crippen LogP contribution in [0.15, 0.2) is 60.9 Å². The number of likely N-dealkylation sites (tertiary alicyclic amines) is 1. The van der Waals surface area contributed by atoms with E-state index in [1.807, 2.05) is 48.8 Å². The predicted octanol–water partition coefficient (Wildman–Crippen LogP) is 4.11. The zero-order valence-corrected chi connectivity index (χ0v) is 17.8. The summed E-state index contributed by atoms with van der Waals surface area (Å²) in [5, 5.41) is 10.2. The molecule has 0 aliphatic carbocycles. The summed E-state index contributed by atoms with van der Waals surface area (Å²) in [5.74, 6) is 1.28. The molecule has 1 aliphatic rings. The molecule has 1 N–H and O–H groups in total. The van der Waals surface area contributed by atoms with Crippen LogP contribution in [0, 0.1) is 11.2 Å². The average molecular weight is 422 g/mol. The van der Waals surface area contributed by atoms with Crippen molar-refractivity contribution in [2.24, 2.45) is 5.41 Å². The molecule has 0 spiro atoms. The van der Waals surface area contributed by atoms with E-state index >= 15 is 0 Å². The lowest BCUT2D eigenvalue weighted by atomic mass is 9.75. The van der Waals surface area contributed by atoms with Gasteiger partial charge in [-0.25, -0.2) is 14.4 Å². The third-order valence-electron chi connectivity index (χ3n) is 6.06. The quantitative estimate of drug-likeness (QED) is 0.622. The van der Waals surface area contributed by atoms with Crippen LogP contribution in [0.25, 0.3) is 11.4 Å². The average Bonchev–Trinajstić information content (AvgIpc) is 2.81. The van der Waals surface area contributed by atoms with Crippen LogP contribution in [0.4, 0.5) is 4.39 Å². The Labute approximate surface area is 182 Å². The Balaban J connectivity index is 1.43. The van der Waals surface area contributed by atoms with Gasteiger partial charge in [-0.2, -0.15) is 0 Å². The predicted molar refractivity (Wildman–Crippen MR) is 118 cm³/mol. The maximum atomic E-state index is 14.2. The molecule has 162 valence electrons. The van der Waals surface area contributed by atoms with Gasteiger partial charge in [0, 0.05) is 42.0 Å². The highest BCUT2D eigenvalue weighted by atomic mass is 19.1. The second-order valence-corrected chi connectivity index (χ2v) is 8.38. The maximum Gasteiger partial charge on any atom is 0.159 e.